The summed E-state index contributed by atoms with van der Waals surface area (Å²) in [7, 11) is 0. The highest BCUT2D eigenvalue weighted by molar-refractivity contribution is 5.61. The molecule has 38 heavy (non-hydrogen) atoms. The number of rotatable bonds is 33. The fourth-order valence-corrected chi connectivity index (χ4v) is 5.42. The second-order valence-electron chi connectivity index (χ2n) is 12.1. The van der Waals surface area contributed by atoms with Gasteiger partial charge in [0.25, 0.3) is 0 Å². The molecule has 0 aromatic carbocycles. The molecule has 0 fully saturated rings. The van der Waals surface area contributed by atoms with Crippen molar-refractivity contribution in [3.05, 3.63) is 0 Å². The summed E-state index contributed by atoms with van der Waals surface area (Å²) in [5, 5.41) is 8.45. The van der Waals surface area contributed by atoms with Gasteiger partial charge in [-0.25, -0.2) is 0 Å². The van der Waals surface area contributed by atoms with E-state index >= 15 is 0 Å². The molecule has 0 aromatic heterocycles. The molecule has 0 amide bonds. The molecule has 0 atom stereocenters. The lowest BCUT2D eigenvalue weighted by Crippen LogP contribution is -1.84. The van der Waals surface area contributed by atoms with E-state index in [-0.39, 0.29) is 0 Å². The Morgan fingerprint density at radius 2 is 0.447 bits per heavy atom. The van der Waals surface area contributed by atoms with E-state index in [9.17, 15) is 0 Å². The van der Waals surface area contributed by atoms with Gasteiger partial charge >= 0.3 is 0 Å². The van der Waals surface area contributed by atoms with E-state index in [0.29, 0.717) is 0 Å². The van der Waals surface area contributed by atoms with Crippen molar-refractivity contribution in [3.63, 3.8) is 0 Å². The van der Waals surface area contributed by atoms with Crippen molar-refractivity contribution in [2.45, 2.75) is 219 Å². The summed E-state index contributed by atoms with van der Waals surface area (Å²) in [6.07, 6.45) is 48.9. The Morgan fingerprint density at radius 1 is 0.263 bits per heavy atom. The minimum absolute atomic E-state index is 1.09. The van der Waals surface area contributed by atoms with Gasteiger partial charge in [0.05, 0.1) is 0 Å². The maximum absolute atomic E-state index is 4.23. The maximum atomic E-state index is 4.23. The summed E-state index contributed by atoms with van der Waals surface area (Å²) in [6, 6.07) is 0. The van der Waals surface area contributed by atoms with Gasteiger partial charge in [0, 0.05) is 12.4 Å². The van der Waals surface area contributed by atoms with Crippen LogP contribution in [0.4, 0.5) is 0 Å². The quantitative estimate of drug-likeness (QED) is 0.0456. The molecule has 0 unspecified atom stereocenters. The van der Waals surface area contributed by atoms with Crippen molar-refractivity contribution in [3.8, 4) is 0 Å². The van der Waals surface area contributed by atoms with Crippen LogP contribution in [0.2, 0.25) is 0 Å². The minimum Gasteiger partial charge on any atom is -0.164 e. The van der Waals surface area contributed by atoms with Crippen LogP contribution in [0.3, 0.4) is 0 Å². The van der Waals surface area contributed by atoms with E-state index in [1.54, 1.807) is 0 Å². The smallest absolute Gasteiger partial charge is 0.0270 e. The first-order valence-corrected chi connectivity index (χ1v) is 17.9. The number of nitrogens with zero attached hydrogens (tertiary/aromatic N) is 2. The molecule has 0 aliphatic rings. The molecule has 0 saturated carbocycles. The summed E-state index contributed by atoms with van der Waals surface area (Å²) < 4.78 is 0. The third kappa shape index (κ3) is 35.3. The first-order valence-electron chi connectivity index (χ1n) is 17.9. The second-order valence-corrected chi connectivity index (χ2v) is 12.1. The molecular weight excluding hydrogens is 460 g/mol. The third-order valence-corrected chi connectivity index (χ3v) is 8.10. The Labute approximate surface area is 241 Å². The molecule has 0 bridgehead atoms. The average Bonchev–Trinajstić information content (AvgIpc) is 2.93. The molecule has 226 valence electrons. The van der Waals surface area contributed by atoms with Crippen LogP contribution in [-0.2, 0) is 0 Å². The van der Waals surface area contributed by atoms with E-state index in [2.05, 4.69) is 24.1 Å². The molecule has 2 heteroatoms. The molecule has 0 saturated heterocycles. The van der Waals surface area contributed by atoms with Crippen molar-refractivity contribution in [2.75, 3.05) is 0 Å². The molecule has 0 aliphatic heterocycles. The van der Waals surface area contributed by atoms with Crippen LogP contribution < -0.4 is 0 Å². The predicted octanol–water partition coefficient (Wildman–Crippen LogP) is 13.6. The second kappa shape index (κ2) is 36.3. The average molecular weight is 533 g/mol. The van der Waals surface area contributed by atoms with E-state index in [4.69, 9.17) is 0 Å². The Bertz CT molecular complexity index is 414. The fraction of sp³-hybridized carbons (Fsp3) is 0.944. The van der Waals surface area contributed by atoms with Crippen molar-refractivity contribution in [1.29, 1.82) is 0 Å². The SMILES string of the molecule is CCCCCCCCCCCCCCCCC/C=N\N=C/CCCCCCCCCCCCCCCCC. The summed E-state index contributed by atoms with van der Waals surface area (Å²) in [5.41, 5.74) is 0. The zero-order valence-corrected chi connectivity index (χ0v) is 26.7. The van der Waals surface area contributed by atoms with Crippen LogP contribution in [0, 0.1) is 0 Å². The standard InChI is InChI=1S/C36H72N2/c1-3-5-7-9-11-13-15-17-19-21-23-25-27-29-31-33-35-37-38-36-34-32-30-28-26-24-22-20-18-16-14-12-10-8-6-4-2/h35-36H,3-34H2,1-2H3/b37-35-,38-36-. The highest BCUT2D eigenvalue weighted by Crippen LogP contribution is 2.15. The van der Waals surface area contributed by atoms with Gasteiger partial charge in [-0.05, 0) is 25.7 Å². The molecule has 2 nitrogen and oxygen atoms in total. The highest BCUT2D eigenvalue weighted by atomic mass is 15.2. The zero-order chi connectivity index (χ0) is 27.5. The normalized spacial score (nSPS) is 11.9. The van der Waals surface area contributed by atoms with E-state index in [1.807, 2.05) is 12.4 Å². The molecule has 0 N–H and O–H groups in total. The van der Waals surface area contributed by atoms with E-state index < -0.39 is 0 Å². The first-order chi connectivity index (χ1) is 18.9. The van der Waals surface area contributed by atoms with Crippen LogP contribution in [0.5, 0.6) is 0 Å². The van der Waals surface area contributed by atoms with Crippen LogP contribution in [0.25, 0.3) is 0 Å². The third-order valence-electron chi connectivity index (χ3n) is 8.10. The van der Waals surface area contributed by atoms with E-state index in [1.165, 1.54) is 193 Å². The van der Waals surface area contributed by atoms with Crippen molar-refractivity contribution >= 4 is 12.4 Å². The maximum Gasteiger partial charge on any atom is 0.0270 e. The van der Waals surface area contributed by atoms with Crippen LogP contribution >= 0.6 is 0 Å². The first kappa shape index (κ1) is 37.3. The Morgan fingerprint density at radius 3 is 0.658 bits per heavy atom. The predicted molar refractivity (Wildman–Crippen MR) is 176 cm³/mol. The van der Waals surface area contributed by atoms with Crippen molar-refractivity contribution in [1.82, 2.24) is 0 Å². The molecular formula is C36H72N2. The van der Waals surface area contributed by atoms with Gasteiger partial charge in [0.1, 0.15) is 0 Å². The lowest BCUT2D eigenvalue weighted by Gasteiger charge is -2.03. The molecule has 0 rings (SSSR count). The Balaban J connectivity index is 3.14. The van der Waals surface area contributed by atoms with E-state index in [0.717, 1.165) is 12.8 Å². The molecule has 0 radical (unpaired) electrons. The van der Waals surface area contributed by atoms with Gasteiger partial charge in [0.2, 0.25) is 0 Å². The molecule has 0 aromatic rings. The Kier molecular flexibility index (Phi) is 35.7. The summed E-state index contributed by atoms with van der Waals surface area (Å²) >= 11 is 0. The molecule has 0 spiro atoms. The van der Waals surface area contributed by atoms with Crippen molar-refractivity contribution in [2.24, 2.45) is 10.2 Å². The topological polar surface area (TPSA) is 24.7 Å². The van der Waals surface area contributed by atoms with Crippen LogP contribution in [-0.4, -0.2) is 12.4 Å². The summed E-state index contributed by atoms with van der Waals surface area (Å²) in [5.74, 6) is 0. The van der Waals surface area contributed by atoms with Crippen LogP contribution in [0.15, 0.2) is 10.2 Å². The lowest BCUT2D eigenvalue weighted by molar-refractivity contribution is 0.533. The van der Waals surface area contributed by atoms with Gasteiger partial charge in [-0.2, -0.15) is 10.2 Å². The Hall–Kier alpha value is -0.660. The van der Waals surface area contributed by atoms with Gasteiger partial charge in [0.15, 0.2) is 0 Å². The summed E-state index contributed by atoms with van der Waals surface area (Å²) in [4.78, 5) is 0. The minimum atomic E-state index is 1.09. The molecule has 0 heterocycles. The van der Waals surface area contributed by atoms with Gasteiger partial charge < -0.3 is 0 Å². The highest BCUT2D eigenvalue weighted by Gasteiger charge is 1.95. The van der Waals surface area contributed by atoms with Gasteiger partial charge in [-0.1, -0.05) is 194 Å². The van der Waals surface area contributed by atoms with Gasteiger partial charge in [-0.15, -0.1) is 0 Å². The van der Waals surface area contributed by atoms with Crippen molar-refractivity contribution < 1.29 is 0 Å². The largest absolute Gasteiger partial charge is 0.164 e. The zero-order valence-electron chi connectivity index (χ0n) is 26.7. The van der Waals surface area contributed by atoms with Crippen LogP contribution in [0.1, 0.15) is 219 Å². The number of hydrogen-bond acceptors (Lipinski definition) is 2. The van der Waals surface area contributed by atoms with Gasteiger partial charge in [-0.3, -0.25) is 0 Å². The lowest BCUT2D eigenvalue weighted by atomic mass is 10.0. The number of unbranched alkanes of at least 4 members (excludes halogenated alkanes) is 30. The molecule has 0 aliphatic carbocycles. The monoisotopic (exact) mass is 533 g/mol. The summed E-state index contributed by atoms with van der Waals surface area (Å²) in [6.45, 7) is 4.60. The fourth-order valence-electron chi connectivity index (χ4n) is 5.42. The number of hydrogen-bond donors (Lipinski definition) is 0.